The lowest BCUT2D eigenvalue weighted by Gasteiger charge is -2.23. The van der Waals surface area contributed by atoms with Crippen molar-refractivity contribution in [1.82, 2.24) is 4.90 Å². The van der Waals surface area contributed by atoms with E-state index in [1.54, 1.807) is 0 Å². The lowest BCUT2D eigenvalue weighted by atomic mass is 10.1. The molecule has 1 fully saturated rings. The number of hydrogen-bond donors (Lipinski definition) is 1. The third kappa shape index (κ3) is 2.02. The Morgan fingerprint density at radius 2 is 2.07 bits per heavy atom. The third-order valence-corrected chi connectivity index (χ3v) is 3.04. The van der Waals surface area contributed by atoms with Crippen LogP contribution in [0.5, 0.6) is 0 Å². The van der Waals surface area contributed by atoms with Gasteiger partial charge in [-0.25, -0.2) is 0 Å². The Labute approximate surface area is 89.9 Å². The highest BCUT2D eigenvalue weighted by atomic mass is 16.2. The Kier molecular flexibility index (Phi) is 2.73. The van der Waals surface area contributed by atoms with Gasteiger partial charge in [0.2, 0.25) is 5.91 Å². The normalized spacial score (nSPS) is 26.0. The van der Waals surface area contributed by atoms with Crippen molar-refractivity contribution in [3.63, 3.8) is 0 Å². The van der Waals surface area contributed by atoms with E-state index < -0.39 is 0 Å². The van der Waals surface area contributed by atoms with Crippen molar-refractivity contribution >= 4 is 5.91 Å². The van der Waals surface area contributed by atoms with E-state index in [0.717, 1.165) is 5.56 Å². The van der Waals surface area contributed by atoms with Crippen molar-refractivity contribution in [2.75, 3.05) is 0 Å². The monoisotopic (exact) mass is 204 g/mol. The number of carbonyl (C=O) groups is 1. The quantitative estimate of drug-likeness (QED) is 0.785. The molecule has 1 heterocycles. The Balaban J connectivity index is 2.09. The largest absolute Gasteiger partial charge is 0.334 e. The molecule has 1 aromatic rings. The first kappa shape index (κ1) is 10.2. The number of carbonyl (C=O) groups excluding carboxylic acids is 1. The Morgan fingerprint density at radius 1 is 1.40 bits per heavy atom. The maximum Gasteiger partial charge on any atom is 0.224 e. The number of likely N-dealkylation sites (tertiary alicyclic amines) is 1. The van der Waals surface area contributed by atoms with E-state index in [-0.39, 0.29) is 18.0 Å². The molecule has 0 spiro atoms. The summed E-state index contributed by atoms with van der Waals surface area (Å²) in [6.45, 7) is 2.69. The van der Waals surface area contributed by atoms with Crippen molar-refractivity contribution in [3.8, 4) is 0 Å². The van der Waals surface area contributed by atoms with Crippen LogP contribution in [0.3, 0.4) is 0 Å². The second kappa shape index (κ2) is 4.03. The summed E-state index contributed by atoms with van der Waals surface area (Å²) >= 11 is 0. The first-order valence-electron chi connectivity index (χ1n) is 5.27. The zero-order valence-electron chi connectivity index (χ0n) is 8.89. The van der Waals surface area contributed by atoms with Gasteiger partial charge in [0.05, 0.1) is 0 Å². The van der Waals surface area contributed by atoms with Crippen LogP contribution in [-0.2, 0) is 11.3 Å². The van der Waals surface area contributed by atoms with Crippen molar-refractivity contribution in [2.24, 2.45) is 5.73 Å². The average molecular weight is 204 g/mol. The zero-order chi connectivity index (χ0) is 10.8. The molecule has 1 aliphatic heterocycles. The number of hydrogen-bond acceptors (Lipinski definition) is 2. The maximum atomic E-state index is 11.6. The van der Waals surface area contributed by atoms with Gasteiger partial charge in [-0.2, -0.15) is 0 Å². The summed E-state index contributed by atoms with van der Waals surface area (Å²) in [5.74, 6) is 0.166. The lowest BCUT2D eigenvalue weighted by molar-refractivity contribution is -0.129. The predicted octanol–water partition coefficient (Wildman–Crippen LogP) is 1.13. The molecule has 2 atom stereocenters. The van der Waals surface area contributed by atoms with Crippen LogP contribution in [0.1, 0.15) is 18.9 Å². The molecule has 0 aromatic heterocycles. The minimum absolute atomic E-state index is 0.0128. The second-order valence-corrected chi connectivity index (χ2v) is 4.12. The number of nitrogens with zero attached hydrogens (tertiary/aromatic N) is 1. The SMILES string of the molecule is C[C@H]1[C@H](N)CC(=O)N1Cc1ccccc1. The molecule has 3 nitrogen and oxygen atoms in total. The molecule has 0 saturated carbocycles. The summed E-state index contributed by atoms with van der Waals surface area (Å²) in [6, 6.07) is 10.2. The van der Waals surface area contributed by atoms with Crippen molar-refractivity contribution in [3.05, 3.63) is 35.9 Å². The van der Waals surface area contributed by atoms with E-state index in [2.05, 4.69) is 0 Å². The third-order valence-electron chi connectivity index (χ3n) is 3.04. The molecule has 15 heavy (non-hydrogen) atoms. The first-order chi connectivity index (χ1) is 7.18. The van der Waals surface area contributed by atoms with Crippen LogP contribution >= 0.6 is 0 Å². The van der Waals surface area contributed by atoms with E-state index in [9.17, 15) is 4.79 Å². The van der Waals surface area contributed by atoms with Gasteiger partial charge in [-0.15, -0.1) is 0 Å². The zero-order valence-corrected chi connectivity index (χ0v) is 8.89. The Hall–Kier alpha value is -1.35. The summed E-state index contributed by atoms with van der Waals surface area (Å²) in [5, 5.41) is 0. The average Bonchev–Trinajstić information content (AvgIpc) is 2.47. The van der Waals surface area contributed by atoms with Gasteiger partial charge >= 0.3 is 0 Å². The molecular weight excluding hydrogens is 188 g/mol. The fourth-order valence-corrected chi connectivity index (χ4v) is 1.96. The number of benzene rings is 1. The summed E-state index contributed by atoms with van der Waals surface area (Å²) in [6.07, 6.45) is 0.480. The van der Waals surface area contributed by atoms with E-state index in [0.29, 0.717) is 13.0 Å². The Bertz CT molecular complexity index is 350. The molecule has 0 aliphatic carbocycles. The smallest absolute Gasteiger partial charge is 0.224 e. The van der Waals surface area contributed by atoms with E-state index in [1.165, 1.54) is 0 Å². The molecule has 3 heteroatoms. The standard InChI is InChI=1S/C12H16N2O/c1-9-11(13)7-12(15)14(9)8-10-5-3-2-4-6-10/h2-6,9,11H,7-8,13H2,1H3/t9-,11+/m0/s1. The predicted molar refractivity (Wildman–Crippen MR) is 59.0 cm³/mol. The van der Waals surface area contributed by atoms with Crippen LogP contribution in [0.25, 0.3) is 0 Å². The van der Waals surface area contributed by atoms with Crippen molar-refractivity contribution < 1.29 is 4.79 Å². The lowest BCUT2D eigenvalue weighted by Crippen LogP contribution is -2.37. The van der Waals surface area contributed by atoms with Gasteiger partial charge in [-0.1, -0.05) is 30.3 Å². The van der Waals surface area contributed by atoms with Gasteiger partial charge < -0.3 is 10.6 Å². The van der Waals surface area contributed by atoms with Crippen molar-refractivity contribution in [2.45, 2.75) is 32.0 Å². The highest BCUT2D eigenvalue weighted by molar-refractivity contribution is 5.79. The summed E-state index contributed by atoms with van der Waals surface area (Å²) in [5.41, 5.74) is 7.01. The van der Waals surface area contributed by atoms with Gasteiger partial charge in [0.25, 0.3) is 0 Å². The number of amides is 1. The highest BCUT2D eigenvalue weighted by Crippen LogP contribution is 2.19. The molecule has 1 aromatic carbocycles. The molecule has 2 rings (SSSR count). The van der Waals surface area contributed by atoms with Crippen LogP contribution in [0.4, 0.5) is 0 Å². The number of nitrogens with two attached hydrogens (primary N) is 1. The molecule has 80 valence electrons. The maximum absolute atomic E-state index is 11.6. The fraction of sp³-hybridized carbons (Fsp3) is 0.417. The molecule has 0 radical (unpaired) electrons. The van der Waals surface area contributed by atoms with Crippen LogP contribution < -0.4 is 5.73 Å². The number of rotatable bonds is 2. The summed E-state index contributed by atoms with van der Waals surface area (Å²) in [7, 11) is 0. The van der Waals surface area contributed by atoms with Crippen LogP contribution in [0.15, 0.2) is 30.3 Å². The van der Waals surface area contributed by atoms with Crippen LogP contribution in [0.2, 0.25) is 0 Å². The van der Waals surface area contributed by atoms with E-state index in [1.807, 2.05) is 42.2 Å². The van der Waals surface area contributed by atoms with Crippen LogP contribution in [0, 0.1) is 0 Å². The molecule has 2 N–H and O–H groups in total. The fourth-order valence-electron chi connectivity index (χ4n) is 1.96. The van der Waals surface area contributed by atoms with Gasteiger partial charge in [-0.05, 0) is 12.5 Å². The molecule has 1 saturated heterocycles. The van der Waals surface area contributed by atoms with Crippen LogP contribution in [-0.4, -0.2) is 22.9 Å². The first-order valence-corrected chi connectivity index (χ1v) is 5.27. The molecular formula is C12H16N2O. The van der Waals surface area contributed by atoms with Gasteiger partial charge in [0.1, 0.15) is 0 Å². The minimum atomic E-state index is -0.0128. The summed E-state index contributed by atoms with van der Waals surface area (Å²) < 4.78 is 0. The minimum Gasteiger partial charge on any atom is -0.334 e. The highest BCUT2D eigenvalue weighted by Gasteiger charge is 2.33. The second-order valence-electron chi connectivity index (χ2n) is 4.12. The molecule has 0 bridgehead atoms. The molecule has 1 amide bonds. The van der Waals surface area contributed by atoms with Gasteiger partial charge in [0, 0.05) is 25.0 Å². The topological polar surface area (TPSA) is 46.3 Å². The van der Waals surface area contributed by atoms with Crippen molar-refractivity contribution in [1.29, 1.82) is 0 Å². The Morgan fingerprint density at radius 3 is 2.60 bits per heavy atom. The van der Waals surface area contributed by atoms with Gasteiger partial charge in [0.15, 0.2) is 0 Å². The summed E-state index contributed by atoms with van der Waals surface area (Å²) in [4.78, 5) is 13.5. The van der Waals surface area contributed by atoms with Gasteiger partial charge in [-0.3, -0.25) is 4.79 Å². The molecule has 0 unspecified atom stereocenters. The van der Waals surface area contributed by atoms with E-state index >= 15 is 0 Å². The molecule has 1 aliphatic rings. The van der Waals surface area contributed by atoms with E-state index in [4.69, 9.17) is 5.73 Å².